The number of benzene rings is 1. The van der Waals surface area contributed by atoms with Crippen LogP contribution in [-0.4, -0.2) is 15.4 Å². The van der Waals surface area contributed by atoms with Crippen LogP contribution in [0.25, 0.3) is 0 Å². The average molecular weight is 311 g/mol. The van der Waals surface area contributed by atoms with E-state index in [1.807, 2.05) is 31.2 Å². The molecule has 0 saturated heterocycles. The molecule has 0 amide bonds. The second-order valence-electron chi connectivity index (χ2n) is 3.63. The van der Waals surface area contributed by atoms with Gasteiger partial charge in [-0.1, -0.05) is 39.5 Å². The van der Waals surface area contributed by atoms with E-state index >= 15 is 0 Å². The molecule has 1 aromatic heterocycles. The molecule has 5 heteroatoms. The fourth-order valence-corrected chi connectivity index (χ4v) is 2.70. The summed E-state index contributed by atoms with van der Waals surface area (Å²) in [6.45, 7) is 1.98. The van der Waals surface area contributed by atoms with Crippen molar-refractivity contribution in [2.45, 2.75) is 19.8 Å². The van der Waals surface area contributed by atoms with Gasteiger partial charge >= 0.3 is 0 Å². The van der Waals surface area contributed by atoms with Crippen molar-refractivity contribution in [3.63, 3.8) is 0 Å². The number of hydrogen-bond donors (Lipinski definition) is 0. The van der Waals surface area contributed by atoms with Crippen LogP contribution in [0.2, 0.25) is 0 Å². The summed E-state index contributed by atoms with van der Waals surface area (Å²) in [5.41, 5.74) is 1.80. The van der Waals surface area contributed by atoms with E-state index in [2.05, 4.69) is 25.5 Å². The van der Waals surface area contributed by atoms with Gasteiger partial charge in [-0.2, -0.15) is 0 Å². The Balaban J connectivity index is 2.17. The Bertz CT molecular complexity index is 539. The van der Waals surface area contributed by atoms with E-state index in [9.17, 15) is 4.79 Å². The fraction of sp³-hybridized carbons (Fsp3) is 0.250. The third-order valence-corrected chi connectivity index (χ3v) is 3.70. The minimum Gasteiger partial charge on any atom is -0.293 e. The first-order valence-corrected chi connectivity index (χ1v) is 6.86. The van der Waals surface area contributed by atoms with Crippen molar-refractivity contribution in [1.29, 1.82) is 0 Å². The number of nitrogens with zero attached hydrogens (tertiary/aromatic N) is 2. The van der Waals surface area contributed by atoms with Crippen molar-refractivity contribution < 1.29 is 4.79 Å². The SMILES string of the molecule is CCc1nnsc1C(=O)Cc1cccc(Br)c1. The van der Waals surface area contributed by atoms with Crippen LogP contribution in [0.1, 0.15) is 27.9 Å². The van der Waals surface area contributed by atoms with E-state index in [1.54, 1.807) is 0 Å². The maximum atomic E-state index is 12.1. The number of hydrogen-bond acceptors (Lipinski definition) is 4. The second-order valence-corrected chi connectivity index (χ2v) is 5.30. The number of halogens is 1. The summed E-state index contributed by atoms with van der Waals surface area (Å²) in [6, 6.07) is 7.78. The van der Waals surface area contributed by atoms with E-state index < -0.39 is 0 Å². The van der Waals surface area contributed by atoms with Gasteiger partial charge in [0.25, 0.3) is 0 Å². The normalized spacial score (nSPS) is 10.5. The molecule has 1 aromatic carbocycles. The third-order valence-electron chi connectivity index (χ3n) is 2.40. The topological polar surface area (TPSA) is 42.9 Å². The number of aromatic nitrogens is 2. The predicted molar refractivity (Wildman–Crippen MR) is 71.5 cm³/mol. The average Bonchev–Trinajstić information content (AvgIpc) is 2.77. The van der Waals surface area contributed by atoms with Crippen LogP contribution >= 0.6 is 27.5 Å². The molecule has 0 unspecified atom stereocenters. The lowest BCUT2D eigenvalue weighted by molar-refractivity contribution is 0.0996. The number of carbonyl (C=O) groups is 1. The lowest BCUT2D eigenvalue weighted by Gasteiger charge is -2.00. The fourth-order valence-electron chi connectivity index (χ4n) is 1.56. The molecule has 0 aliphatic carbocycles. The number of rotatable bonds is 4. The Hall–Kier alpha value is -1.07. The third kappa shape index (κ3) is 2.98. The Morgan fingerprint density at radius 3 is 3.00 bits per heavy atom. The van der Waals surface area contributed by atoms with Gasteiger partial charge in [0.15, 0.2) is 5.78 Å². The minimum atomic E-state index is 0.0925. The Labute approximate surface area is 112 Å². The van der Waals surface area contributed by atoms with Gasteiger partial charge in [-0.3, -0.25) is 4.79 Å². The molecule has 3 nitrogen and oxygen atoms in total. The molecule has 2 rings (SSSR count). The predicted octanol–water partition coefficient (Wildman–Crippen LogP) is 3.29. The molecule has 0 bridgehead atoms. The summed E-state index contributed by atoms with van der Waals surface area (Å²) in [7, 11) is 0. The van der Waals surface area contributed by atoms with E-state index in [1.165, 1.54) is 11.5 Å². The summed E-state index contributed by atoms with van der Waals surface area (Å²) < 4.78 is 4.82. The summed E-state index contributed by atoms with van der Waals surface area (Å²) in [4.78, 5) is 12.8. The van der Waals surface area contributed by atoms with Gasteiger partial charge < -0.3 is 0 Å². The number of ketones is 1. The van der Waals surface area contributed by atoms with Gasteiger partial charge in [0.2, 0.25) is 0 Å². The molecule has 0 radical (unpaired) electrons. The van der Waals surface area contributed by atoms with Crippen molar-refractivity contribution in [2.75, 3.05) is 0 Å². The highest BCUT2D eigenvalue weighted by Crippen LogP contribution is 2.17. The first-order valence-electron chi connectivity index (χ1n) is 5.29. The van der Waals surface area contributed by atoms with Crippen molar-refractivity contribution in [2.24, 2.45) is 0 Å². The van der Waals surface area contributed by atoms with Crippen LogP contribution in [0.3, 0.4) is 0 Å². The molecular weight excluding hydrogens is 300 g/mol. The molecular formula is C12H11BrN2OS. The van der Waals surface area contributed by atoms with Crippen LogP contribution in [0.5, 0.6) is 0 Å². The summed E-state index contributed by atoms with van der Waals surface area (Å²) in [5, 5.41) is 3.95. The zero-order valence-corrected chi connectivity index (χ0v) is 11.7. The Morgan fingerprint density at radius 1 is 1.47 bits per heavy atom. The molecule has 0 N–H and O–H groups in total. The van der Waals surface area contributed by atoms with Crippen molar-refractivity contribution in [3.8, 4) is 0 Å². The maximum Gasteiger partial charge on any atom is 0.180 e. The van der Waals surface area contributed by atoms with Crippen molar-refractivity contribution in [3.05, 3.63) is 44.9 Å². The van der Waals surface area contributed by atoms with Crippen molar-refractivity contribution in [1.82, 2.24) is 9.59 Å². The van der Waals surface area contributed by atoms with Crippen LogP contribution in [-0.2, 0) is 12.8 Å². The molecule has 0 aliphatic heterocycles. The van der Waals surface area contributed by atoms with Crippen LogP contribution in [0, 0.1) is 0 Å². The zero-order chi connectivity index (χ0) is 12.3. The lowest BCUT2D eigenvalue weighted by Crippen LogP contribution is -2.04. The molecule has 0 spiro atoms. The van der Waals surface area contributed by atoms with Crippen LogP contribution in [0.15, 0.2) is 28.7 Å². The smallest absolute Gasteiger partial charge is 0.180 e. The summed E-state index contributed by atoms with van der Waals surface area (Å²) in [5.74, 6) is 0.0925. The van der Waals surface area contributed by atoms with Gasteiger partial charge in [-0.15, -0.1) is 5.10 Å². The van der Waals surface area contributed by atoms with Gasteiger partial charge in [0.05, 0.1) is 5.69 Å². The van der Waals surface area contributed by atoms with Gasteiger partial charge in [-0.05, 0) is 35.6 Å². The molecule has 2 aromatic rings. The van der Waals surface area contributed by atoms with Crippen LogP contribution in [0.4, 0.5) is 0 Å². The largest absolute Gasteiger partial charge is 0.293 e. The number of Topliss-reactive ketones (excluding diaryl/α,β-unsaturated/α-hetero) is 1. The van der Waals surface area contributed by atoms with E-state index in [0.29, 0.717) is 11.3 Å². The molecule has 1 heterocycles. The first kappa shape index (κ1) is 12.4. The first-order chi connectivity index (χ1) is 8.20. The highest BCUT2D eigenvalue weighted by molar-refractivity contribution is 9.10. The molecule has 0 fully saturated rings. The molecule has 0 aliphatic rings. The van der Waals surface area contributed by atoms with E-state index in [4.69, 9.17) is 0 Å². The van der Waals surface area contributed by atoms with Gasteiger partial charge in [0.1, 0.15) is 4.88 Å². The molecule has 17 heavy (non-hydrogen) atoms. The van der Waals surface area contributed by atoms with Gasteiger partial charge in [0, 0.05) is 10.9 Å². The van der Waals surface area contributed by atoms with E-state index in [0.717, 1.165) is 22.2 Å². The molecule has 88 valence electrons. The summed E-state index contributed by atoms with van der Waals surface area (Å²) in [6.07, 6.45) is 1.15. The minimum absolute atomic E-state index is 0.0925. The maximum absolute atomic E-state index is 12.1. The standard InChI is InChI=1S/C12H11BrN2OS/c1-2-10-12(17-15-14-10)11(16)7-8-4-3-5-9(13)6-8/h3-6H,2,7H2,1H3. The van der Waals surface area contributed by atoms with Gasteiger partial charge in [-0.25, -0.2) is 0 Å². The monoisotopic (exact) mass is 310 g/mol. The van der Waals surface area contributed by atoms with E-state index in [-0.39, 0.29) is 5.78 Å². The molecule has 0 saturated carbocycles. The zero-order valence-electron chi connectivity index (χ0n) is 9.31. The van der Waals surface area contributed by atoms with Crippen molar-refractivity contribution >= 4 is 33.2 Å². The number of carbonyl (C=O) groups excluding carboxylic acids is 1. The number of aryl methyl sites for hydroxylation is 1. The quantitative estimate of drug-likeness (QED) is 0.814. The Kier molecular flexibility index (Phi) is 4.02. The van der Waals surface area contributed by atoms with Crippen LogP contribution < -0.4 is 0 Å². The Morgan fingerprint density at radius 2 is 2.29 bits per heavy atom. The molecule has 0 atom stereocenters. The summed E-state index contributed by atoms with van der Waals surface area (Å²) >= 11 is 4.58. The highest BCUT2D eigenvalue weighted by atomic mass is 79.9. The highest BCUT2D eigenvalue weighted by Gasteiger charge is 2.15. The second kappa shape index (κ2) is 5.51. The lowest BCUT2D eigenvalue weighted by atomic mass is 10.1.